The smallest absolute Gasteiger partial charge is 0.261 e. The second-order valence-corrected chi connectivity index (χ2v) is 15.0. The molecule has 49 heavy (non-hydrogen) atoms. The van der Waals surface area contributed by atoms with Gasteiger partial charge in [0.05, 0.1) is 35.3 Å². The molecule has 3 aromatic rings. The maximum atomic E-state index is 14.4. The van der Waals surface area contributed by atoms with Crippen molar-refractivity contribution < 1.29 is 37.3 Å². The van der Waals surface area contributed by atoms with Gasteiger partial charge in [-0.1, -0.05) is 30.7 Å². The molecule has 2 heterocycles. The number of carbonyl (C=O) groups is 1. The molecule has 3 aromatic carbocycles. The van der Waals surface area contributed by atoms with Crippen molar-refractivity contribution in [3.63, 3.8) is 0 Å². The molecule has 2 aliphatic heterocycles. The summed E-state index contributed by atoms with van der Waals surface area (Å²) in [6.07, 6.45) is 2.07. The molecule has 5 rings (SSSR count). The van der Waals surface area contributed by atoms with Gasteiger partial charge in [0.25, 0.3) is 15.9 Å². The van der Waals surface area contributed by atoms with Crippen molar-refractivity contribution in [2.24, 2.45) is 5.92 Å². The summed E-state index contributed by atoms with van der Waals surface area (Å²) in [7, 11) is -1.87. The average molecular weight is 696 g/mol. The van der Waals surface area contributed by atoms with Crippen LogP contribution in [0.4, 0.5) is 5.69 Å². The van der Waals surface area contributed by atoms with Crippen molar-refractivity contribution in [2.45, 2.75) is 76.6 Å². The molecule has 0 fully saturated rings. The summed E-state index contributed by atoms with van der Waals surface area (Å²) in [6, 6.07) is 16.8. The zero-order chi connectivity index (χ0) is 35.1. The summed E-state index contributed by atoms with van der Waals surface area (Å²) in [5.74, 6) is 1.38. The molecule has 1 amide bonds. The van der Waals surface area contributed by atoms with E-state index in [1.807, 2.05) is 39.1 Å². The number of sulfonamides is 1. The van der Waals surface area contributed by atoms with Crippen LogP contribution in [0.3, 0.4) is 0 Å². The molecule has 11 nitrogen and oxygen atoms in total. The number of rotatable bonds is 9. The van der Waals surface area contributed by atoms with Gasteiger partial charge in [0.2, 0.25) is 6.79 Å². The van der Waals surface area contributed by atoms with Gasteiger partial charge in [-0.15, -0.1) is 0 Å². The Hall–Kier alpha value is -3.84. The average Bonchev–Trinajstić information content (AvgIpc) is 3.54. The quantitative estimate of drug-likeness (QED) is 0.301. The van der Waals surface area contributed by atoms with Crippen molar-refractivity contribution in [2.75, 3.05) is 44.9 Å². The number of nitrogens with one attached hydrogen (secondary N) is 1. The molecule has 2 aliphatic rings. The zero-order valence-corrected chi connectivity index (χ0v) is 29.9. The number of aryl methyl sites for hydroxylation is 1. The fourth-order valence-corrected chi connectivity index (χ4v) is 7.15. The summed E-state index contributed by atoms with van der Waals surface area (Å²) in [5, 5.41) is 10.3. The first-order valence-corrected chi connectivity index (χ1v) is 18.4. The topological polar surface area (TPSA) is 127 Å². The van der Waals surface area contributed by atoms with Crippen LogP contribution in [0.1, 0.15) is 61.5 Å². The molecule has 266 valence electrons. The highest BCUT2D eigenvalue weighted by Crippen LogP contribution is 2.33. The van der Waals surface area contributed by atoms with Gasteiger partial charge in [0.1, 0.15) is 5.75 Å². The molecule has 0 unspecified atom stereocenters. The van der Waals surface area contributed by atoms with Crippen molar-refractivity contribution in [3.05, 3.63) is 77.4 Å². The van der Waals surface area contributed by atoms with Crippen molar-refractivity contribution >= 4 is 21.6 Å². The van der Waals surface area contributed by atoms with Crippen LogP contribution in [0.5, 0.6) is 17.2 Å². The van der Waals surface area contributed by atoms with Gasteiger partial charge >= 0.3 is 0 Å². The lowest BCUT2D eigenvalue weighted by molar-refractivity contribution is -0.0177. The lowest BCUT2D eigenvalue weighted by Crippen LogP contribution is -2.47. The first kappa shape index (κ1) is 36.4. The molecule has 0 aromatic heterocycles. The Labute approximate surface area is 290 Å². The lowest BCUT2D eigenvalue weighted by Gasteiger charge is -2.36. The van der Waals surface area contributed by atoms with Gasteiger partial charge in [-0.3, -0.25) is 14.4 Å². The third kappa shape index (κ3) is 9.45. The Morgan fingerprint density at radius 1 is 1.00 bits per heavy atom. The predicted octanol–water partition coefficient (Wildman–Crippen LogP) is 5.45. The fraction of sp³-hybridized carbons (Fsp3) is 0.486. The van der Waals surface area contributed by atoms with E-state index in [4.69, 9.17) is 18.9 Å². The highest BCUT2D eigenvalue weighted by Gasteiger charge is 2.31. The molecular formula is C37H49N3O8S. The van der Waals surface area contributed by atoms with Crippen LogP contribution in [0, 0.1) is 12.8 Å². The summed E-state index contributed by atoms with van der Waals surface area (Å²) in [5.41, 5.74) is 2.49. The van der Waals surface area contributed by atoms with Crippen molar-refractivity contribution in [3.8, 4) is 17.2 Å². The monoisotopic (exact) mass is 695 g/mol. The normalized spacial score (nSPS) is 21.1. The molecule has 2 N–H and O–H groups in total. The van der Waals surface area contributed by atoms with Gasteiger partial charge in [-0.05, 0) is 95.1 Å². The minimum Gasteiger partial charge on any atom is -0.490 e. The number of aliphatic hydroxyl groups excluding tert-OH is 1. The SMILES string of the molecule is Cc1ccc(S(=O)(=O)Nc2ccc3c(c2)C(=O)N([C@H](C)CO)C[C@H](C)[C@@H](CN(C)Cc2ccc4c(c2)OCO4)OCCCC[C@H](C)O3)cc1. The standard InChI is InChI=1S/C37H49N3O8S/c1-25-9-13-31(14-10-25)49(43,44)38-30-12-16-33-32(19-30)37(42)40(27(3)23-41)20-26(2)36(45-17-7-6-8-28(4)48-33)22-39(5)21-29-11-15-34-35(18-29)47-24-46-34/h9-16,18-19,26-28,36,38,41H,6-8,17,20-24H2,1-5H3/t26-,27+,28-,36+/m0/s1. The maximum Gasteiger partial charge on any atom is 0.261 e. The Bertz CT molecular complexity index is 1680. The van der Waals surface area contributed by atoms with E-state index < -0.39 is 16.1 Å². The fourth-order valence-electron chi connectivity index (χ4n) is 6.10. The number of likely N-dealkylation sites (N-methyl/N-ethyl adjacent to an activating group) is 1. The van der Waals surface area contributed by atoms with Crippen LogP contribution in [0.15, 0.2) is 65.6 Å². The number of benzene rings is 3. The third-order valence-electron chi connectivity index (χ3n) is 9.02. The number of hydrogen-bond donors (Lipinski definition) is 2. The first-order valence-electron chi connectivity index (χ1n) is 16.9. The number of anilines is 1. The Morgan fingerprint density at radius 3 is 2.49 bits per heavy atom. The molecule has 0 saturated carbocycles. The highest BCUT2D eigenvalue weighted by atomic mass is 32.2. The van der Waals surface area contributed by atoms with Gasteiger partial charge < -0.3 is 29.0 Å². The molecule has 0 bridgehead atoms. The van der Waals surface area contributed by atoms with E-state index in [1.165, 1.54) is 6.07 Å². The van der Waals surface area contributed by atoms with Crippen LogP contribution in [0.25, 0.3) is 0 Å². The van der Waals surface area contributed by atoms with Crippen LogP contribution in [0.2, 0.25) is 0 Å². The summed E-state index contributed by atoms with van der Waals surface area (Å²) in [6.45, 7) is 9.83. The van der Waals surface area contributed by atoms with E-state index in [2.05, 4.69) is 16.5 Å². The third-order valence-corrected chi connectivity index (χ3v) is 10.4. The van der Waals surface area contributed by atoms with E-state index in [-0.39, 0.29) is 53.6 Å². The minimum atomic E-state index is -3.91. The van der Waals surface area contributed by atoms with Gasteiger partial charge in [-0.2, -0.15) is 0 Å². The molecule has 0 aliphatic carbocycles. The van der Waals surface area contributed by atoms with Gasteiger partial charge in [-0.25, -0.2) is 8.42 Å². The number of fused-ring (bicyclic) bond motifs is 2. The van der Waals surface area contributed by atoms with Crippen LogP contribution in [-0.2, 0) is 21.3 Å². The van der Waals surface area contributed by atoms with Crippen molar-refractivity contribution in [1.29, 1.82) is 0 Å². The Balaban J connectivity index is 1.40. The molecular weight excluding hydrogens is 646 g/mol. The molecule has 0 saturated heterocycles. The van der Waals surface area contributed by atoms with Crippen molar-refractivity contribution in [1.82, 2.24) is 9.80 Å². The number of nitrogens with zero attached hydrogens (tertiary/aromatic N) is 2. The highest BCUT2D eigenvalue weighted by molar-refractivity contribution is 7.92. The number of aliphatic hydroxyl groups is 1. The van der Waals surface area contributed by atoms with E-state index in [0.29, 0.717) is 32.0 Å². The zero-order valence-electron chi connectivity index (χ0n) is 29.1. The number of hydrogen-bond acceptors (Lipinski definition) is 9. The van der Waals surface area contributed by atoms with E-state index in [0.717, 1.165) is 41.9 Å². The van der Waals surface area contributed by atoms with Gasteiger partial charge in [0.15, 0.2) is 11.5 Å². The van der Waals surface area contributed by atoms with Crippen LogP contribution >= 0.6 is 0 Å². The molecule has 0 radical (unpaired) electrons. The molecule has 0 spiro atoms. The van der Waals surface area contributed by atoms with E-state index in [9.17, 15) is 18.3 Å². The number of ether oxygens (including phenoxy) is 4. The molecule has 12 heteroatoms. The second kappa shape index (κ2) is 16.2. The summed E-state index contributed by atoms with van der Waals surface area (Å²) in [4.78, 5) is 18.4. The van der Waals surface area contributed by atoms with Crippen LogP contribution in [-0.4, -0.2) is 87.6 Å². The minimum absolute atomic E-state index is 0.105. The van der Waals surface area contributed by atoms with E-state index in [1.54, 1.807) is 48.2 Å². The second-order valence-electron chi connectivity index (χ2n) is 13.3. The lowest BCUT2D eigenvalue weighted by atomic mass is 10.0. The van der Waals surface area contributed by atoms with E-state index >= 15 is 0 Å². The predicted molar refractivity (Wildman–Crippen MR) is 188 cm³/mol. The summed E-state index contributed by atoms with van der Waals surface area (Å²) >= 11 is 0. The largest absolute Gasteiger partial charge is 0.490 e. The van der Waals surface area contributed by atoms with Crippen LogP contribution < -0.4 is 18.9 Å². The Kier molecular flexibility index (Phi) is 12.1. The van der Waals surface area contributed by atoms with Gasteiger partial charge in [0, 0.05) is 37.8 Å². The summed E-state index contributed by atoms with van der Waals surface area (Å²) < 4.78 is 52.9. The maximum absolute atomic E-state index is 14.4. The molecule has 4 atom stereocenters. The number of carbonyl (C=O) groups excluding carboxylic acids is 1. The first-order chi connectivity index (χ1) is 23.4. The Morgan fingerprint density at radius 2 is 1.73 bits per heavy atom. The number of amides is 1.